The number of carbonyl (C=O) groups excluding carboxylic acids is 1. The van der Waals surface area contributed by atoms with Gasteiger partial charge in [-0.2, -0.15) is 0 Å². The van der Waals surface area contributed by atoms with Gasteiger partial charge in [0.15, 0.2) is 5.13 Å². The Hall–Kier alpha value is -3.39. The van der Waals surface area contributed by atoms with Crippen molar-refractivity contribution in [3.05, 3.63) is 58.4 Å². The average molecular weight is 382 g/mol. The minimum Gasteiger partial charge on any atom is -0.495 e. The van der Waals surface area contributed by atoms with Crippen LogP contribution >= 0.6 is 11.3 Å². The van der Waals surface area contributed by atoms with E-state index in [-0.39, 0.29) is 5.56 Å². The van der Waals surface area contributed by atoms with Crippen molar-refractivity contribution < 1.29 is 18.7 Å². The Morgan fingerprint density at radius 2 is 1.85 bits per heavy atom. The number of hydrogen-bond donors (Lipinski definition) is 1. The van der Waals surface area contributed by atoms with Crippen molar-refractivity contribution in [1.82, 2.24) is 4.98 Å². The highest BCUT2D eigenvalue weighted by molar-refractivity contribution is 7.22. The molecule has 2 aromatic carbocycles. The van der Waals surface area contributed by atoms with Crippen molar-refractivity contribution in [3.63, 3.8) is 0 Å². The monoisotopic (exact) mass is 382 g/mol. The lowest BCUT2D eigenvalue weighted by atomic mass is 10.2. The third-order valence-electron chi connectivity index (χ3n) is 4.02. The van der Waals surface area contributed by atoms with Gasteiger partial charge in [0.2, 0.25) is 0 Å². The number of nitrogens with zero attached hydrogens (tertiary/aromatic N) is 1. The highest BCUT2D eigenvalue weighted by Gasteiger charge is 2.18. The second-order valence-electron chi connectivity index (χ2n) is 5.61. The zero-order chi connectivity index (χ0) is 19.0. The Kier molecular flexibility index (Phi) is 4.25. The summed E-state index contributed by atoms with van der Waals surface area (Å²) in [7, 11) is 3.10. The number of aromatic nitrogens is 1. The van der Waals surface area contributed by atoms with Crippen molar-refractivity contribution in [2.45, 2.75) is 0 Å². The maximum atomic E-state index is 12.6. The van der Waals surface area contributed by atoms with E-state index >= 15 is 0 Å². The van der Waals surface area contributed by atoms with Gasteiger partial charge >= 0.3 is 5.63 Å². The second-order valence-corrected chi connectivity index (χ2v) is 6.61. The fourth-order valence-electron chi connectivity index (χ4n) is 2.72. The number of carbonyl (C=O) groups is 1. The number of hydrogen-bond acceptors (Lipinski definition) is 7. The van der Waals surface area contributed by atoms with Crippen LogP contribution in [-0.4, -0.2) is 25.1 Å². The number of ether oxygens (including phenoxy) is 2. The molecule has 0 atom stereocenters. The van der Waals surface area contributed by atoms with Crippen LogP contribution in [0.3, 0.4) is 0 Å². The fourth-order valence-corrected chi connectivity index (χ4v) is 3.69. The van der Waals surface area contributed by atoms with Crippen LogP contribution in [0.5, 0.6) is 11.5 Å². The first-order valence-corrected chi connectivity index (χ1v) is 8.78. The van der Waals surface area contributed by atoms with E-state index in [1.165, 1.54) is 17.4 Å². The summed E-state index contributed by atoms with van der Waals surface area (Å²) in [5.41, 5.74) is 0.200. The standard InChI is InChI=1S/C19H14N2O5S/c1-24-13-7-8-14(25-2)16-15(13)20-19(27-16)21-17(22)11-9-10-5-3-4-6-12(10)26-18(11)23/h3-9H,1-2H3,(H,20,21,22). The number of methoxy groups -OCH3 is 2. The molecule has 0 aliphatic heterocycles. The van der Waals surface area contributed by atoms with Crippen LogP contribution in [-0.2, 0) is 0 Å². The topological polar surface area (TPSA) is 90.7 Å². The maximum Gasteiger partial charge on any atom is 0.349 e. The fraction of sp³-hybridized carbons (Fsp3) is 0.105. The van der Waals surface area contributed by atoms with Gasteiger partial charge < -0.3 is 13.9 Å². The third kappa shape index (κ3) is 3.00. The third-order valence-corrected chi connectivity index (χ3v) is 5.00. The first-order chi connectivity index (χ1) is 13.1. The van der Waals surface area contributed by atoms with E-state index in [9.17, 15) is 9.59 Å². The molecule has 27 heavy (non-hydrogen) atoms. The average Bonchev–Trinajstić information content (AvgIpc) is 3.10. The highest BCUT2D eigenvalue weighted by Crippen LogP contribution is 2.38. The molecule has 1 N–H and O–H groups in total. The van der Waals surface area contributed by atoms with Crippen LogP contribution in [0.4, 0.5) is 5.13 Å². The Morgan fingerprint density at radius 1 is 1.11 bits per heavy atom. The van der Waals surface area contributed by atoms with Gasteiger partial charge in [0, 0.05) is 5.39 Å². The molecule has 0 spiro atoms. The molecule has 2 aromatic heterocycles. The summed E-state index contributed by atoms with van der Waals surface area (Å²) >= 11 is 1.23. The molecule has 0 unspecified atom stereocenters. The minimum absolute atomic E-state index is 0.0908. The quantitative estimate of drug-likeness (QED) is 0.542. The summed E-state index contributed by atoms with van der Waals surface area (Å²) in [6.45, 7) is 0. The zero-order valence-electron chi connectivity index (χ0n) is 14.4. The Labute approximate surface area is 157 Å². The summed E-state index contributed by atoms with van der Waals surface area (Å²) in [6.07, 6.45) is 0. The number of rotatable bonds is 4. The van der Waals surface area contributed by atoms with Crippen LogP contribution in [0.2, 0.25) is 0 Å². The molecule has 0 saturated carbocycles. The molecule has 8 heteroatoms. The number of nitrogens with one attached hydrogen (secondary N) is 1. The number of amides is 1. The number of thiazole rings is 1. The summed E-state index contributed by atoms with van der Waals surface area (Å²) in [5.74, 6) is 0.591. The molecule has 0 saturated heterocycles. The molecule has 2 heterocycles. The molecule has 1 amide bonds. The SMILES string of the molecule is COc1ccc(OC)c2sc(NC(=O)c3cc4ccccc4oc3=O)nc12. The molecule has 0 radical (unpaired) electrons. The van der Waals surface area contributed by atoms with Crippen LogP contribution < -0.4 is 20.4 Å². The smallest absolute Gasteiger partial charge is 0.349 e. The largest absolute Gasteiger partial charge is 0.495 e. The molecule has 4 rings (SSSR count). The van der Waals surface area contributed by atoms with Gasteiger partial charge in [0.1, 0.15) is 32.9 Å². The van der Waals surface area contributed by atoms with E-state index in [1.54, 1.807) is 50.6 Å². The lowest BCUT2D eigenvalue weighted by Gasteiger charge is -2.03. The number of para-hydroxylation sites is 1. The second kappa shape index (κ2) is 6.73. The molecule has 0 aliphatic rings. The molecular weight excluding hydrogens is 368 g/mol. The van der Waals surface area contributed by atoms with E-state index in [4.69, 9.17) is 13.9 Å². The van der Waals surface area contributed by atoms with Gasteiger partial charge in [-0.3, -0.25) is 10.1 Å². The predicted molar refractivity (Wildman–Crippen MR) is 103 cm³/mol. The van der Waals surface area contributed by atoms with Gasteiger partial charge in [-0.05, 0) is 24.3 Å². The van der Waals surface area contributed by atoms with Crippen molar-refractivity contribution in [1.29, 1.82) is 0 Å². The maximum absolute atomic E-state index is 12.6. The molecule has 0 bridgehead atoms. The molecule has 7 nitrogen and oxygen atoms in total. The lowest BCUT2D eigenvalue weighted by molar-refractivity contribution is 0.102. The first-order valence-electron chi connectivity index (χ1n) is 7.96. The molecule has 4 aromatic rings. The van der Waals surface area contributed by atoms with Gasteiger partial charge in [-0.15, -0.1) is 0 Å². The summed E-state index contributed by atoms with van der Waals surface area (Å²) in [5, 5.41) is 3.64. The van der Waals surface area contributed by atoms with Crippen LogP contribution in [0.15, 0.2) is 51.7 Å². The van der Waals surface area contributed by atoms with Gasteiger partial charge in [0.25, 0.3) is 5.91 Å². The van der Waals surface area contributed by atoms with Gasteiger partial charge in [-0.1, -0.05) is 29.5 Å². The highest BCUT2D eigenvalue weighted by atomic mass is 32.1. The van der Waals surface area contributed by atoms with Crippen LogP contribution in [0.1, 0.15) is 10.4 Å². The zero-order valence-corrected chi connectivity index (χ0v) is 15.3. The van der Waals surface area contributed by atoms with Crippen molar-refractivity contribution >= 4 is 43.6 Å². The first kappa shape index (κ1) is 17.0. The minimum atomic E-state index is -0.706. The van der Waals surface area contributed by atoms with Crippen LogP contribution in [0.25, 0.3) is 21.2 Å². The molecular formula is C19H14N2O5S. The van der Waals surface area contributed by atoms with E-state index in [1.807, 2.05) is 0 Å². The summed E-state index contributed by atoms with van der Waals surface area (Å²) in [6, 6.07) is 12.0. The summed E-state index contributed by atoms with van der Waals surface area (Å²) in [4.78, 5) is 29.1. The molecule has 0 aliphatic carbocycles. The summed E-state index contributed by atoms with van der Waals surface area (Å²) < 4.78 is 16.6. The predicted octanol–water partition coefficient (Wildman–Crippen LogP) is 3.67. The van der Waals surface area contributed by atoms with E-state index < -0.39 is 11.5 Å². The van der Waals surface area contributed by atoms with Crippen molar-refractivity contribution in [3.8, 4) is 11.5 Å². The lowest BCUT2D eigenvalue weighted by Crippen LogP contribution is -2.20. The Balaban J connectivity index is 1.73. The Bertz CT molecular complexity index is 1190. The normalized spacial score (nSPS) is 10.9. The van der Waals surface area contributed by atoms with Gasteiger partial charge in [0.05, 0.1) is 14.2 Å². The van der Waals surface area contributed by atoms with Crippen LogP contribution in [0, 0.1) is 0 Å². The van der Waals surface area contributed by atoms with E-state index in [2.05, 4.69) is 10.3 Å². The van der Waals surface area contributed by atoms with Crippen molar-refractivity contribution in [2.24, 2.45) is 0 Å². The Morgan fingerprint density at radius 3 is 2.63 bits per heavy atom. The van der Waals surface area contributed by atoms with E-state index in [0.717, 1.165) is 4.70 Å². The number of fused-ring (bicyclic) bond motifs is 2. The van der Waals surface area contributed by atoms with Crippen molar-refractivity contribution in [2.75, 3.05) is 19.5 Å². The number of benzene rings is 2. The molecule has 136 valence electrons. The number of anilines is 1. The molecule has 0 fully saturated rings. The van der Waals surface area contributed by atoms with Gasteiger partial charge in [-0.25, -0.2) is 9.78 Å². The van der Waals surface area contributed by atoms with E-state index in [0.29, 0.717) is 33.1 Å².